The molecule has 2 N–H and O–H groups in total. The number of anilines is 1. The van der Waals surface area contributed by atoms with Gasteiger partial charge in [-0.1, -0.05) is 48.0 Å². The summed E-state index contributed by atoms with van der Waals surface area (Å²) in [5.74, 6) is 0.829. The molecule has 22 heavy (non-hydrogen) atoms. The van der Waals surface area contributed by atoms with Gasteiger partial charge < -0.3 is 5.32 Å². The highest BCUT2D eigenvalue weighted by Gasteiger charge is 2.04. The first-order chi connectivity index (χ1) is 10.8. The molecule has 0 amide bonds. The van der Waals surface area contributed by atoms with Gasteiger partial charge in [-0.2, -0.15) is 0 Å². The maximum atomic E-state index is 4.73. The van der Waals surface area contributed by atoms with Gasteiger partial charge in [0.05, 0.1) is 5.69 Å². The molecule has 0 saturated carbocycles. The lowest BCUT2D eigenvalue weighted by atomic mass is 10.2. The van der Waals surface area contributed by atoms with Gasteiger partial charge in [0.25, 0.3) is 0 Å². The number of amidine groups is 1. The van der Waals surface area contributed by atoms with Crippen molar-refractivity contribution in [2.75, 3.05) is 5.32 Å². The third-order valence-electron chi connectivity index (χ3n) is 3.30. The number of aryl methyl sites for hydroxylation is 1. The first-order valence-corrected chi connectivity index (χ1v) is 7.25. The van der Waals surface area contributed by atoms with Crippen molar-refractivity contribution in [1.29, 1.82) is 0 Å². The quantitative estimate of drug-likeness (QED) is 0.574. The molecule has 2 aromatic carbocycles. The lowest BCUT2D eigenvalue weighted by Gasteiger charge is -2.10. The lowest BCUT2D eigenvalue weighted by molar-refractivity contribution is -0.377. The minimum Gasteiger partial charge on any atom is -0.340 e. The summed E-state index contributed by atoms with van der Waals surface area (Å²) in [6, 6.07) is 22.3. The van der Waals surface area contributed by atoms with Gasteiger partial charge in [0.15, 0.2) is 12.4 Å². The van der Waals surface area contributed by atoms with Crippen molar-refractivity contribution in [3.8, 4) is 0 Å². The first kappa shape index (κ1) is 14.0. The molecule has 3 aromatic rings. The molecule has 0 aliphatic carbocycles. The number of aromatic nitrogens is 1. The van der Waals surface area contributed by atoms with Gasteiger partial charge in [-0.15, -0.1) is 0 Å². The molecule has 0 aliphatic heterocycles. The maximum Gasteiger partial charge on any atom is 0.169 e. The summed E-state index contributed by atoms with van der Waals surface area (Å²) in [4.78, 5) is 7.74. The van der Waals surface area contributed by atoms with Crippen LogP contribution in [-0.4, -0.2) is 5.84 Å². The van der Waals surface area contributed by atoms with E-state index in [2.05, 4.69) is 53.6 Å². The molecule has 1 heterocycles. The number of H-pyrrole nitrogens is 1. The predicted octanol–water partition coefficient (Wildman–Crippen LogP) is 4.00. The van der Waals surface area contributed by atoms with Crippen LogP contribution in [0, 0.1) is 6.92 Å². The molecule has 0 atom stereocenters. The Balaban J connectivity index is 1.96. The van der Waals surface area contributed by atoms with Crippen molar-refractivity contribution in [2.45, 2.75) is 6.92 Å². The summed E-state index contributed by atoms with van der Waals surface area (Å²) in [5, 5.41) is 3.41. The van der Waals surface area contributed by atoms with Gasteiger partial charge in [0.2, 0.25) is 0 Å². The fraction of sp³-hybridized carbons (Fsp3) is 0.0526. The Morgan fingerprint density at radius 1 is 0.864 bits per heavy atom. The molecule has 0 bridgehead atoms. The van der Waals surface area contributed by atoms with Gasteiger partial charge in [-0.25, -0.2) is 9.98 Å². The van der Waals surface area contributed by atoms with Crippen LogP contribution in [-0.2, 0) is 0 Å². The van der Waals surface area contributed by atoms with Crippen LogP contribution in [0.5, 0.6) is 0 Å². The Kier molecular flexibility index (Phi) is 4.25. The summed E-state index contributed by atoms with van der Waals surface area (Å²) in [7, 11) is 0. The second-order valence-electron chi connectivity index (χ2n) is 5.08. The van der Waals surface area contributed by atoms with Gasteiger partial charge in [0.1, 0.15) is 5.84 Å². The number of benzene rings is 2. The van der Waals surface area contributed by atoms with Crippen LogP contribution in [0.2, 0.25) is 0 Å². The number of aliphatic imine (C=N–C) groups is 1. The molecule has 1 aromatic heterocycles. The van der Waals surface area contributed by atoms with Crippen LogP contribution in [0.1, 0.15) is 11.1 Å². The monoisotopic (exact) mass is 288 g/mol. The molecule has 0 aliphatic rings. The van der Waals surface area contributed by atoms with E-state index in [-0.39, 0.29) is 0 Å². The Morgan fingerprint density at radius 3 is 2.23 bits per heavy atom. The summed E-state index contributed by atoms with van der Waals surface area (Å²) >= 11 is 0. The molecule has 0 unspecified atom stereocenters. The van der Waals surface area contributed by atoms with E-state index >= 15 is 0 Å². The predicted molar refractivity (Wildman–Crippen MR) is 90.4 cm³/mol. The first-order valence-electron chi connectivity index (χ1n) is 7.25. The smallest absolute Gasteiger partial charge is 0.169 e. The summed E-state index contributed by atoms with van der Waals surface area (Å²) in [5.41, 5.74) is 4.21. The van der Waals surface area contributed by atoms with E-state index in [4.69, 9.17) is 4.99 Å². The molecule has 3 rings (SSSR count). The number of rotatable bonds is 3. The van der Waals surface area contributed by atoms with E-state index in [0.717, 1.165) is 22.8 Å². The van der Waals surface area contributed by atoms with Gasteiger partial charge in [-0.05, 0) is 19.1 Å². The SMILES string of the molecule is Cc1ccc(NC(=Nc2cc[nH+]cc2)c2ccccc2)cc1. The van der Waals surface area contributed by atoms with Crippen LogP contribution in [0.4, 0.5) is 11.4 Å². The molecule has 3 heteroatoms. The molecule has 0 saturated heterocycles. The third-order valence-corrected chi connectivity index (χ3v) is 3.30. The topological polar surface area (TPSA) is 38.5 Å². The van der Waals surface area contributed by atoms with Gasteiger partial charge in [0, 0.05) is 23.4 Å². The van der Waals surface area contributed by atoms with Crippen molar-refractivity contribution in [3.05, 3.63) is 90.3 Å². The van der Waals surface area contributed by atoms with Crippen molar-refractivity contribution in [3.63, 3.8) is 0 Å². The fourth-order valence-electron chi connectivity index (χ4n) is 2.12. The molecular formula is C19H18N3+. The second kappa shape index (κ2) is 6.68. The Bertz CT molecular complexity index is 748. The summed E-state index contributed by atoms with van der Waals surface area (Å²) in [6.45, 7) is 2.08. The number of aromatic amines is 1. The minimum atomic E-state index is 0.829. The zero-order valence-electron chi connectivity index (χ0n) is 12.5. The molecule has 108 valence electrons. The zero-order chi connectivity index (χ0) is 15.2. The second-order valence-corrected chi connectivity index (χ2v) is 5.08. The lowest BCUT2D eigenvalue weighted by Crippen LogP contribution is -2.13. The van der Waals surface area contributed by atoms with E-state index in [0.29, 0.717) is 0 Å². The Hall–Kier alpha value is -2.94. The number of hydrogen-bond acceptors (Lipinski definition) is 1. The van der Waals surface area contributed by atoms with Crippen molar-refractivity contribution in [1.82, 2.24) is 0 Å². The van der Waals surface area contributed by atoms with Gasteiger partial charge >= 0.3 is 0 Å². The largest absolute Gasteiger partial charge is 0.340 e. The molecule has 0 fully saturated rings. The fourth-order valence-corrected chi connectivity index (χ4v) is 2.12. The highest BCUT2D eigenvalue weighted by atomic mass is 15.0. The van der Waals surface area contributed by atoms with E-state index < -0.39 is 0 Å². The third kappa shape index (κ3) is 3.58. The summed E-state index contributed by atoms with van der Waals surface area (Å²) < 4.78 is 0. The number of nitrogens with zero attached hydrogens (tertiary/aromatic N) is 1. The standard InChI is InChI=1S/C19H17N3/c1-15-7-9-17(10-8-15)21-19(16-5-3-2-4-6-16)22-18-11-13-20-14-12-18/h2-14H,1H3,(H,20,21,22)/p+1. The molecule has 0 spiro atoms. The van der Waals surface area contributed by atoms with Crippen LogP contribution in [0.3, 0.4) is 0 Å². The van der Waals surface area contributed by atoms with E-state index in [1.807, 2.05) is 42.7 Å². The van der Waals surface area contributed by atoms with E-state index in [1.165, 1.54) is 5.56 Å². The Labute approximate surface area is 130 Å². The van der Waals surface area contributed by atoms with Crippen LogP contribution in [0.25, 0.3) is 0 Å². The van der Waals surface area contributed by atoms with Crippen molar-refractivity contribution >= 4 is 17.2 Å². The van der Waals surface area contributed by atoms with Crippen LogP contribution < -0.4 is 10.3 Å². The molecule has 0 radical (unpaired) electrons. The Morgan fingerprint density at radius 2 is 1.55 bits per heavy atom. The molecular weight excluding hydrogens is 270 g/mol. The number of pyridine rings is 1. The van der Waals surface area contributed by atoms with Crippen molar-refractivity contribution < 1.29 is 4.98 Å². The van der Waals surface area contributed by atoms with E-state index in [1.54, 1.807) is 0 Å². The number of nitrogens with one attached hydrogen (secondary N) is 2. The van der Waals surface area contributed by atoms with Crippen LogP contribution >= 0.6 is 0 Å². The normalized spacial score (nSPS) is 11.2. The average molecular weight is 288 g/mol. The zero-order valence-corrected chi connectivity index (χ0v) is 12.5. The highest BCUT2D eigenvalue weighted by Crippen LogP contribution is 2.15. The van der Waals surface area contributed by atoms with E-state index in [9.17, 15) is 0 Å². The maximum absolute atomic E-state index is 4.73. The minimum absolute atomic E-state index is 0.829. The summed E-state index contributed by atoms with van der Waals surface area (Å²) in [6.07, 6.45) is 3.74. The van der Waals surface area contributed by atoms with Crippen LogP contribution in [0.15, 0.2) is 84.1 Å². The molecule has 3 nitrogen and oxygen atoms in total. The highest BCUT2D eigenvalue weighted by molar-refractivity contribution is 6.09. The average Bonchev–Trinajstić information content (AvgIpc) is 2.58. The van der Waals surface area contributed by atoms with Crippen molar-refractivity contribution in [2.24, 2.45) is 4.99 Å². The number of hydrogen-bond donors (Lipinski definition) is 1. The van der Waals surface area contributed by atoms with Gasteiger partial charge in [-0.3, -0.25) is 0 Å².